The van der Waals surface area contributed by atoms with Gasteiger partial charge >= 0.3 is 0 Å². The van der Waals surface area contributed by atoms with Gasteiger partial charge in [0.2, 0.25) is 17.1 Å². The Morgan fingerprint density at radius 3 is 0.966 bits per heavy atom. The molecule has 15 heteroatoms. The first-order valence-corrected chi connectivity index (χ1v) is 28.6. The van der Waals surface area contributed by atoms with Gasteiger partial charge in [0, 0.05) is 59.3 Å². The summed E-state index contributed by atoms with van der Waals surface area (Å²) in [6.45, 7) is 1.99. The van der Waals surface area contributed by atoms with Crippen LogP contribution in [0.3, 0.4) is 0 Å². The number of benzene rings is 6. The van der Waals surface area contributed by atoms with Crippen molar-refractivity contribution in [2.75, 3.05) is 29.0 Å². The molecule has 0 fully saturated rings. The Hall–Kier alpha value is -11.6. The Bertz CT molecular complexity index is 4580. The lowest BCUT2D eigenvalue weighted by molar-refractivity contribution is 0.504. The number of nitrogens with one attached hydrogen (secondary N) is 3. The topological polar surface area (TPSA) is 192 Å². The molecule has 0 amide bonds. The minimum Gasteiger partial charge on any atom is -0.469 e. The monoisotopic (exact) mass is 1140 g/mol. The van der Waals surface area contributed by atoms with Gasteiger partial charge in [-0.05, 0) is 59.5 Å². The van der Waals surface area contributed by atoms with E-state index in [1.54, 1.807) is 25.1 Å². The van der Waals surface area contributed by atoms with E-state index in [2.05, 4.69) is 82.3 Å². The zero-order valence-electron chi connectivity index (χ0n) is 47.1. The summed E-state index contributed by atoms with van der Waals surface area (Å²) in [5, 5.41) is 12.9. The van der Waals surface area contributed by atoms with Crippen molar-refractivity contribution in [1.82, 2.24) is 29.9 Å². The molecule has 3 N–H and O–H groups in total. The van der Waals surface area contributed by atoms with Crippen LogP contribution in [0, 0.1) is 0 Å². The van der Waals surface area contributed by atoms with Gasteiger partial charge in [-0.2, -0.15) is 0 Å². The molecule has 87 heavy (non-hydrogen) atoms. The number of aromatic nitrogens is 6. The van der Waals surface area contributed by atoms with Gasteiger partial charge in [-0.15, -0.1) is 0 Å². The van der Waals surface area contributed by atoms with E-state index < -0.39 is 0 Å². The Morgan fingerprint density at radius 1 is 0.287 bits per heavy atom. The average molecular weight is 1140 g/mol. The summed E-state index contributed by atoms with van der Waals surface area (Å²) in [5.41, 5.74) is 10.9. The van der Waals surface area contributed by atoms with Crippen LogP contribution in [-0.4, -0.2) is 43.0 Å². The van der Waals surface area contributed by atoms with Gasteiger partial charge in [0.05, 0.1) is 41.5 Å². The quantitative estimate of drug-likeness (QED) is 0.0687. The van der Waals surface area contributed by atoms with Gasteiger partial charge in [0.15, 0.2) is 0 Å². The van der Waals surface area contributed by atoms with Crippen LogP contribution in [0.4, 0.5) is 17.5 Å². The standard InChI is InChI=1S/C25H21N3O2.C24H19N3O2.C23H17N3O2/c1-3-9-18(10-4-1)21-22-24(26-15-7-13-20-14-8-16-29-20)27-17-28-25(22)30-23(21)19-11-5-2-6-12-19;1-3-8-17(9-4-1)20-21-23(25-14-13-19-12-7-15-28-19)26-16-27-24(21)29-22(20)18-10-5-2-6-11-18;1-3-8-16(9-4-1)19-20-22(24-14-18-12-7-13-27-18)25-15-26-23(20)28-21(19)17-10-5-2-6-11-17/h1-6,8-12,14,16-17H,7,13,15H2,(H,26,27,28);1-12,15-16H,13-14H2,(H,25,26,27);1-13,15H,14H2,(H,24,25,26). The molecule has 0 saturated carbocycles. The fourth-order valence-electron chi connectivity index (χ4n) is 10.5. The molecule has 0 spiro atoms. The Morgan fingerprint density at radius 2 is 0.609 bits per heavy atom. The summed E-state index contributed by atoms with van der Waals surface area (Å²) in [5.74, 6) is 7.38. The molecule has 15 nitrogen and oxygen atoms in total. The number of furan rings is 6. The maximum absolute atomic E-state index is 6.24. The molecule has 0 bridgehead atoms. The second kappa shape index (κ2) is 26.3. The number of hydrogen-bond donors (Lipinski definition) is 3. The van der Waals surface area contributed by atoms with Gasteiger partial charge in [-0.25, -0.2) is 29.9 Å². The van der Waals surface area contributed by atoms with Crippen molar-refractivity contribution < 1.29 is 26.5 Å². The van der Waals surface area contributed by atoms with Crippen LogP contribution >= 0.6 is 0 Å². The van der Waals surface area contributed by atoms with Crippen LogP contribution in [0.25, 0.3) is 101 Å². The summed E-state index contributed by atoms with van der Waals surface area (Å²) < 4.78 is 34.9. The number of nitrogens with zero attached hydrogens (tertiary/aromatic N) is 6. The Kier molecular flexibility index (Phi) is 16.5. The SMILES string of the molecule is c1ccc(-c2oc3ncnc(NCCCc4ccco4)c3c2-c2ccccc2)cc1.c1ccc(-c2oc3ncnc(NCCc4ccco4)c3c2-c2ccccc2)cc1.c1ccc(-c2oc3ncnc(NCc4ccco4)c3c2-c2ccccc2)cc1. The number of fused-ring (bicyclic) bond motifs is 3. The molecular weight excluding hydrogens is 1090 g/mol. The minimum absolute atomic E-state index is 0.527. The van der Waals surface area contributed by atoms with E-state index in [-0.39, 0.29) is 0 Å². The van der Waals surface area contributed by atoms with E-state index in [1.165, 1.54) is 12.7 Å². The molecule has 15 rings (SSSR count). The second-order valence-electron chi connectivity index (χ2n) is 20.1. The normalized spacial score (nSPS) is 11.0. The molecular formula is C72H57N9O6. The molecule has 426 valence electrons. The van der Waals surface area contributed by atoms with Crippen LogP contribution in [-0.2, 0) is 19.4 Å². The molecule has 6 aromatic carbocycles. The highest BCUT2D eigenvalue weighted by Crippen LogP contribution is 2.45. The highest BCUT2D eigenvalue weighted by Gasteiger charge is 2.25. The number of aryl methyl sites for hydroxylation is 1. The van der Waals surface area contributed by atoms with Crippen LogP contribution in [0.2, 0.25) is 0 Å². The fourth-order valence-corrected chi connectivity index (χ4v) is 10.5. The first-order chi connectivity index (χ1) is 43.2. The van der Waals surface area contributed by atoms with Gasteiger partial charge in [0.1, 0.15) is 71.0 Å². The fraction of sp³-hybridized carbons (Fsp3) is 0.0833. The molecule has 15 aromatic rings. The van der Waals surface area contributed by atoms with Crippen LogP contribution in [0.5, 0.6) is 0 Å². The van der Waals surface area contributed by atoms with Gasteiger partial charge in [0.25, 0.3) is 0 Å². The molecule has 0 saturated heterocycles. The van der Waals surface area contributed by atoms with Crippen molar-refractivity contribution >= 4 is 50.8 Å². The Balaban J connectivity index is 0.000000121. The first kappa shape index (κ1) is 54.7. The van der Waals surface area contributed by atoms with Crippen LogP contribution in [0.15, 0.2) is 283 Å². The lowest BCUT2D eigenvalue weighted by atomic mass is 9.99. The minimum atomic E-state index is 0.527. The molecule has 0 unspecified atom stereocenters. The van der Waals surface area contributed by atoms with E-state index in [1.807, 2.05) is 182 Å². The molecule has 0 aliphatic heterocycles. The molecule has 0 radical (unpaired) electrons. The number of hydrogen-bond acceptors (Lipinski definition) is 15. The number of anilines is 3. The third-order valence-corrected chi connectivity index (χ3v) is 14.5. The smallest absolute Gasteiger partial charge is 0.232 e. The lowest BCUT2D eigenvalue weighted by Gasteiger charge is -2.08. The van der Waals surface area contributed by atoms with Gasteiger partial charge < -0.3 is 42.5 Å². The van der Waals surface area contributed by atoms with Crippen LogP contribution < -0.4 is 16.0 Å². The maximum atomic E-state index is 6.24. The second-order valence-corrected chi connectivity index (χ2v) is 20.1. The van der Waals surface area contributed by atoms with Gasteiger partial charge in [-0.3, -0.25) is 0 Å². The van der Waals surface area contributed by atoms with Crippen molar-refractivity contribution in [3.05, 3.63) is 273 Å². The summed E-state index contributed by atoms with van der Waals surface area (Å²) in [7, 11) is 0. The average Bonchev–Trinajstić information content (AvgIpc) is 2.25. The summed E-state index contributed by atoms with van der Waals surface area (Å²) in [6.07, 6.45) is 12.2. The Labute approximate surface area is 500 Å². The van der Waals surface area contributed by atoms with E-state index >= 15 is 0 Å². The van der Waals surface area contributed by atoms with Crippen molar-refractivity contribution in [3.63, 3.8) is 0 Å². The number of rotatable bonds is 18. The predicted molar refractivity (Wildman–Crippen MR) is 340 cm³/mol. The largest absolute Gasteiger partial charge is 0.469 e. The van der Waals surface area contributed by atoms with Gasteiger partial charge in [-0.1, -0.05) is 182 Å². The van der Waals surface area contributed by atoms with Crippen molar-refractivity contribution in [1.29, 1.82) is 0 Å². The van der Waals surface area contributed by atoms with Crippen molar-refractivity contribution in [2.24, 2.45) is 0 Å². The first-order valence-electron chi connectivity index (χ1n) is 28.6. The summed E-state index contributed by atoms with van der Waals surface area (Å²) >= 11 is 0. The zero-order chi connectivity index (χ0) is 58.4. The predicted octanol–water partition coefficient (Wildman–Crippen LogP) is 17.8. The van der Waals surface area contributed by atoms with E-state index in [4.69, 9.17) is 26.5 Å². The molecule has 9 aromatic heterocycles. The van der Waals surface area contributed by atoms with Crippen LogP contribution in [0.1, 0.15) is 23.7 Å². The molecule has 0 aliphatic rings. The van der Waals surface area contributed by atoms with E-state index in [9.17, 15) is 0 Å². The lowest BCUT2D eigenvalue weighted by Crippen LogP contribution is -2.06. The molecule has 9 heterocycles. The molecule has 0 atom stereocenters. The summed E-state index contributed by atoms with van der Waals surface area (Å²) in [4.78, 5) is 26.7. The van der Waals surface area contributed by atoms with Crippen molar-refractivity contribution in [3.8, 4) is 67.4 Å². The maximum Gasteiger partial charge on any atom is 0.232 e. The zero-order valence-corrected chi connectivity index (χ0v) is 47.1. The third-order valence-electron chi connectivity index (χ3n) is 14.5. The van der Waals surface area contributed by atoms with E-state index in [0.29, 0.717) is 36.0 Å². The third kappa shape index (κ3) is 12.4. The van der Waals surface area contributed by atoms with Crippen molar-refractivity contribution in [2.45, 2.75) is 25.8 Å². The highest BCUT2D eigenvalue weighted by molar-refractivity contribution is 6.08. The van der Waals surface area contributed by atoms with E-state index in [0.717, 1.165) is 138 Å². The molecule has 0 aliphatic carbocycles. The highest BCUT2D eigenvalue weighted by atomic mass is 16.4. The summed E-state index contributed by atoms with van der Waals surface area (Å²) in [6, 6.07) is 72.5.